The lowest BCUT2D eigenvalue weighted by Crippen LogP contribution is -2.36. The van der Waals surface area contributed by atoms with E-state index < -0.39 is 10.0 Å². The van der Waals surface area contributed by atoms with E-state index in [2.05, 4.69) is 4.72 Å². The molecule has 2 aromatic carbocycles. The fraction of sp³-hybridized carbons (Fsp3) is 0.350. The molecular formula is C20H21FN2O3S. The molecule has 1 heterocycles. The molecule has 1 saturated carbocycles. The molecule has 0 saturated heterocycles. The third-order valence-electron chi connectivity index (χ3n) is 5.12. The van der Waals surface area contributed by atoms with Gasteiger partial charge in [0.25, 0.3) is 0 Å². The number of carbonyl (C=O) groups is 1. The van der Waals surface area contributed by atoms with Crippen LogP contribution in [0.1, 0.15) is 30.9 Å². The standard InChI is InChI=1S/C20H21FN2O3S/c1-13-10-16-11-18(8-9-19(16)23(13)20(24)15-4-5-15)27(25,26)22-12-14-2-6-17(21)7-3-14/h2-3,6-9,11,13,15,22H,4-5,10,12H2,1H3. The molecule has 1 fully saturated rings. The zero-order valence-electron chi connectivity index (χ0n) is 15.0. The summed E-state index contributed by atoms with van der Waals surface area (Å²) in [5.41, 5.74) is 2.37. The molecule has 0 radical (unpaired) electrons. The van der Waals surface area contributed by atoms with Crippen molar-refractivity contribution in [2.75, 3.05) is 4.90 Å². The van der Waals surface area contributed by atoms with Gasteiger partial charge < -0.3 is 4.90 Å². The van der Waals surface area contributed by atoms with Gasteiger partial charge >= 0.3 is 0 Å². The predicted molar refractivity (Wildman–Crippen MR) is 100 cm³/mol. The number of rotatable bonds is 5. The van der Waals surface area contributed by atoms with Gasteiger partial charge in [0.15, 0.2) is 0 Å². The van der Waals surface area contributed by atoms with Crippen LogP contribution in [0.25, 0.3) is 0 Å². The summed E-state index contributed by atoms with van der Waals surface area (Å²) in [5.74, 6) is -0.0925. The van der Waals surface area contributed by atoms with Gasteiger partial charge in [-0.25, -0.2) is 17.5 Å². The molecule has 0 spiro atoms. The normalized spacial score (nSPS) is 19.2. The number of fused-ring (bicyclic) bond motifs is 1. The zero-order valence-corrected chi connectivity index (χ0v) is 15.8. The molecule has 1 amide bonds. The van der Waals surface area contributed by atoms with Crippen molar-refractivity contribution < 1.29 is 17.6 Å². The maximum Gasteiger partial charge on any atom is 0.240 e. The van der Waals surface area contributed by atoms with E-state index in [-0.39, 0.29) is 35.1 Å². The molecule has 0 bridgehead atoms. The van der Waals surface area contributed by atoms with Gasteiger partial charge in [0.2, 0.25) is 15.9 Å². The van der Waals surface area contributed by atoms with E-state index in [0.29, 0.717) is 12.0 Å². The van der Waals surface area contributed by atoms with E-state index in [0.717, 1.165) is 24.1 Å². The van der Waals surface area contributed by atoms with Crippen LogP contribution in [0.4, 0.5) is 10.1 Å². The van der Waals surface area contributed by atoms with Gasteiger partial charge in [-0.1, -0.05) is 12.1 Å². The van der Waals surface area contributed by atoms with Crippen LogP contribution in [0.5, 0.6) is 0 Å². The number of carbonyl (C=O) groups excluding carboxylic acids is 1. The maximum absolute atomic E-state index is 13.0. The Balaban J connectivity index is 1.53. The van der Waals surface area contributed by atoms with E-state index in [9.17, 15) is 17.6 Å². The Morgan fingerprint density at radius 2 is 1.89 bits per heavy atom. The summed E-state index contributed by atoms with van der Waals surface area (Å²) >= 11 is 0. The molecule has 1 aliphatic carbocycles. The van der Waals surface area contributed by atoms with E-state index in [1.807, 2.05) is 11.8 Å². The monoisotopic (exact) mass is 388 g/mol. The van der Waals surface area contributed by atoms with Crippen molar-refractivity contribution in [2.24, 2.45) is 5.92 Å². The highest BCUT2D eigenvalue weighted by molar-refractivity contribution is 7.89. The molecule has 5 nitrogen and oxygen atoms in total. The van der Waals surface area contributed by atoms with Gasteiger partial charge in [-0.3, -0.25) is 4.79 Å². The van der Waals surface area contributed by atoms with Crippen LogP contribution in [0.3, 0.4) is 0 Å². The van der Waals surface area contributed by atoms with Crippen LogP contribution in [0.2, 0.25) is 0 Å². The van der Waals surface area contributed by atoms with Crippen LogP contribution in [0.15, 0.2) is 47.4 Å². The van der Waals surface area contributed by atoms with Gasteiger partial charge in [-0.2, -0.15) is 0 Å². The topological polar surface area (TPSA) is 66.5 Å². The highest BCUT2D eigenvalue weighted by Gasteiger charge is 2.39. The number of sulfonamides is 1. The second-order valence-corrected chi connectivity index (χ2v) is 9.04. The van der Waals surface area contributed by atoms with E-state index in [1.165, 1.54) is 18.2 Å². The Labute approximate surface area is 158 Å². The first-order valence-corrected chi connectivity index (χ1v) is 10.5. The Hall–Kier alpha value is -2.25. The molecule has 0 aromatic heterocycles. The first-order valence-electron chi connectivity index (χ1n) is 9.05. The van der Waals surface area contributed by atoms with E-state index in [4.69, 9.17) is 0 Å². The molecule has 1 aliphatic heterocycles. The van der Waals surface area contributed by atoms with Gasteiger partial charge in [0.1, 0.15) is 5.82 Å². The molecule has 142 valence electrons. The smallest absolute Gasteiger partial charge is 0.240 e. The fourth-order valence-electron chi connectivity index (χ4n) is 3.50. The summed E-state index contributed by atoms with van der Waals surface area (Å²) in [7, 11) is -3.70. The lowest BCUT2D eigenvalue weighted by Gasteiger charge is -2.22. The minimum absolute atomic E-state index is 0.0400. The predicted octanol–water partition coefficient (Wildman–Crippen LogP) is 2.99. The quantitative estimate of drug-likeness (QED) is 0.856. The number of hydrogen-bond acceptors (Lipinski definition) is 3. The summed E-state index contributed by atoms with van der Waals surface area (Å²) in [6.45, 7) is 2.07. The summed E-state index contributed by atoms with van der Waals surface area (Å²) in [6, 6.07) is 10.6. The van der Waals surface area contributed by atoms with Crippen LogP contribution >= 0.6 is 0 Å². The highest BCUT2D eigenvalue weighted by atomic mass is 32.2. The van der Waals surface area contributed by atoms with Crippen molar-refractivity contribution in [3.05, 3.63) is 59.4 Å². The van der Waals surface area contributed by atoms with Crippen LogP contribution in [0, 0.1) is 11.7 Å². The molecule has 1 N–H and O–H groups in total. The lowest BCUT2D eigenvalue weighted by atomic mass is 10.1. The first-order chi connectivity index (χ1) is 12.8. The summed E-state index contributed by atoms with van der Waals surface area (Å²) < 4.78 is 40.7. The Morgan fingerprint density at radius 1 is 1.19 bits per heavy atom. The van der Waals surface area contributed by atoms with Crippen molar-refractivity contribution in [2.45, 2.75) is 43.7 Å². The summed E-state index contributed by atoms with van der Waals surface area (Å²) in [6.07, 6.45) is 2.53. The van der Waals surface area contributed by atoms with Gasteiger partial charge in [-0.05, 0) is 67.6 Å². The molecule has 2 aromatic rings. The average molecular weight is 388 g/mol. The number of nitrogens with zero attached hydrogens (tertiary/aromatic N) is 1. The van der Waals surface area contributed by atoms with Crippen molar-refractivity contribution in [3.8, 4) is 0 Å². The average Bonchev–Trinajstić information content (AvgIpc) is 3.43. The highest BCUT2D eigenvalue weighted by Crippen LogP contribution is 2.39. The third kappa shape index (κ3) is 3.61. The van der Waals surface area contributed by atoms with Crippen LogP contribution in [-0.4, -0.2) is 20.4 Å². The van der Waals surface area contributed by atoms with Gasteiger partial charge in [-0.15, -0.1) is 0 Å². The number of anilines is 1. The number of halogens is 1. The largest absolute Gasteiger partial charge is 0.309 e. The Morgan fingerprint density at radius 3 is 2.56 bits per heavy atom. The van der Waals surface area contributed by atoms with Crippen LogP contribution < -0.4 is 9.62 Å². The molecule has 2 aliphatic rings. The van der Waals surface area contributed by atoms with E-state index in [1.54, 1.807) is 24.3 Å². The minimum atomic E-state index is -3.70. The SMILES string of the molecule is CC1Cc2cc(S(=O)(=O)NCc3ccc(F)cc3)ccc2N1C(=O)C1CC1. The van der Waals surface area contributed by atoms with Crippen molar-refractivity contribution in [1.82, 2.24) is 4.72 Å². The number of amides is 1. The maximum atomic E-state index is 13.0. The number of nitrogens with one attached hydrogen (secondary N) is 1. The summed E-state index contributed by atoms with van der Waals surface area (Å²) in [4.78, 5) is 14.5. The van der Waals surface area contributed by atoms with Crippen molar-refractivity contribution >= 4 is 21.6 Å². The Bertz CT molecular complexity index is 985. The van der Waals surface area contributed by atoms with Gasteiger partial charge in [0.05, 0.1) is 4.90 Å². The number of benzene rings is 2. The second-order valence-electron chi connectivity index (χ2n) is 7.28. The third-order valence-corrected chi connectivity index (χ3v) is 6.52. The van der Waals surface area contributed by atoms with Crippen molar-refractivity contribution in [3.63, 3.8) is 0 Å². The first kappa shape index (κ1) is 18.1. The molecular weight excluding hydrogens is 367 g/mol. The molecule has 4 rings (SSSR count). The molecule has 1 atom stereocenters. The Kier molecular flexibility index (Phi) is 4.52. The molecule has 27 heavy (non-hydrogen) atoms. The minimum Gasteiger partial charge on any atom is -0.309 e. The van der Waals surface area contributed by atoms with E-state index >= 15 is 0 Å². The molecule has 1 unspecified atom stereocenters. The number of hydrogen-bond donors (Lipinski definition) is 1. The van der Waals surface area contributed by atoms with Crippen molar-refractivity contribution in [1.29, 1.82) is 0 Å². The summed E-state index contributed by atoms with van der Waals surface area (Å²) in [5, 5.41) is 0. The van der Waals surface area contributed by atoms with Crippen LogP contribution in [-0.2, 0) is 27.8 Å². The fourth-order valence-corrected chi connectivity index (χ4v) is 4.57. The lowest BCUT2D eigenvalue weighted by molar-refractivity contribution is -0.120. The molecule has 7 heteroatoms. The van der Waals surface area contributed by atoms with Gasteiger partial charge in [0, 0.05) is 24.2 Å². The second kappa shape index (κ2) is 6.73. The zero-order chi connectivity index (χ0) is 19.2.